The van der Waals surface area contributed by atoms with Crippen molar-refractivity contribution in [2.24, 2.45) is 0 Å². The number of nitrogens with one attached hydrogen (secondary N) is 2. The Labute approximate surface area is 228 Å². The molecule has 0 unspecified atom stereocenters. The smallest absolute Gasteiger partial charge is 0.416 e. The van der Waals surface area contributed by atoms with Crippen molar-refractivity contribution in [2.75, 3.05) is 25.4 Å². The van der Waals surface area contributed by atoms with Gasteiger partial charge in [0.1, 0.15) is 5.75 Å². The van der Waals surface area contributed by atoms with E-state index < -0.39 is 26.8 Å². The summed E-state index contributed by atoms with van der Waals surface area (Å²) in [5, 5.41) is 0.327. The summed E-state index contributed by atoms with van der Waals surface area (Å²) in [7, 11) is -3.32. The maximum Gasteiger partial charge on any atom is 0.416 e. The molecule has 0 aliphatic carbocycles. The van der Waals surface area contributed by atoms with E-state index in [2.05, 4.69) is 15.0 Å². The van der Waals surface area contributed by atoms with Crippen molar-refractivity contribution in [2.45, 2.75) is 37.2 Å². The Balaban J connectivity index is 0.00000353. The van der Waals surface area contributed by atoms with Crippen LogP contribution in [0.1, 0.15) is 30.4 Å². The average Bonchev–Trinajstić information content (AvgIpc) is 3.24. The molecule has 1 saturated heterocycles. The number of H-pyrrole nitrogens is 2. The zero-order valence-electron chi connectivity index (χ0n) is 20.8. The fourth-order valence-corrected chi connectivity index (χ4v) is 6.63. The molecule has 0 radical (unpaired) electrons. The third-order valence-corrected chi connectivity index (χ3v) is 9.16. The number of nitrogens with zero attached hydrogens (tertiary/aromatic N) is 2. The number of imidazole rings is 1. The number of hydrogen-bond donors (Lipinski definition) is 2. The summed E-state index contributed by atoms with van der Waals surface area (Å²) in [6.45, 7) is 1.62. The Bertz CT molecular complexity index is 1610. The Morgan fingerprint density at radius 3 is 2.56 bits per heavy atom. The summed E-state index contributed by atoms with van der Waals surface area (Å²) in [6, 6.07) is 12.4. The number of pyridine rings is 1. The second-order valence-corrected chi connectivity index (χ2v) is 12.0. The molecule has 8 nitrogen and oxygen atoms in total. The van der Waals surface area contributed by atoms with Crippen LogP contribution >= 0.6 is 12.4 Å². The minimum absolute atomic E-state index is 0. The SMILES string of the molecule is Cl.O=c1[nH]c2cc3cc(OCCCS(=O)(=O)C4CCN(Cc5cccc(C(F)(F)F)c5)CC4)ccc3nc2[nH]1. The summed E-state index contributed by atoms with van der Waals surface area (Å²) in [6.07, 6.45) is -3.14. The lowest BCUT2D eigenvalue weighted by molar-refractivity contribution is -0.137. The number of alkyl halides is 3. The molecule has 0 bridgehead atoms. The van der Waals surface area contributed by atoms with Gasteiger partial charge in [-0.15, -0.1) is 12.4 Å². The Kier molecular flexibility index (Phi) is 8.57. The molecular formula is C26H28ClF3N4O4S. The number of hydrogen-bond acceptors (Lipinski definition) is 6. The van der Waals surface area contributed by atoms with Crippen LogP contribution in [0.5, 0.6) is 5.75 Å². The number of aromatic nitrogens is 3. The van der Waals surface area contributed by atoms with Gasteiger partial charge in [-0.2, -0.15) is 13.2 Å². The lowest BCUT2D eigenvalue weighted by atomic mass is 10.1. The summed E-state index contributed by atoms with van der Waals surface area (Å²) >= 11 is 0. The molecule has 0 amide bonds. The molecule has 5 rings (SSSR count). The number of piperidine rings is 1. The predicted octanol–water partition coefficient (Wildman–Crippen LogP) is 4.69. The number of ether oxygens (including phenoxy) is 1. The first-order valence-electron chi connectivity index (χ1n) is 12.3. The number of aromatic amines is 2. The number of sulfone groups is 1. The van der Waals surface area contributed by atoms with Gasteiger partial charge in [0.25, 0.3) is 0 Å². The van der Waals surface area contributed by atoms with Crippen molar-refractivity contribution in [3.8, 4) is 5.75 Å². The van der Waals surface area contributed by atoms with E-state index in [9.17, 15) is 26.4 Å². The van der Waals surface area contributed by atoms with Crippen LogP contribution in [0.4, 0.5) is 13.2 Å². The number of rotatable bonds is 8. The second kappa shape index (κ2) is 11.6. The molecule has 2 aromatic carbocycles. The molecule has 4 aromatic rings. The van der Waals surface area contributed by atoms with Gasteiger partial charge < -0.3 is 9.72 Å². The van der Waals surface area contributed by atoms with Crippen LogP contribution in [0.2, 0.25) is 0 Å². The highest BCUT2D eigenvalue weighted by atomic mass is 35.5. The molecule has 39 heavy (non-hydrogen) atoms. The molecule has 0 spiro atoms. The van der Waals surface area contributed by atoms with Gasteiger partial charge in [-0.05, 0) is 68.2 Å². The Morgan fingerprint density at radius 1 is 1.05 bits per heavy atom. The number of likely N-dealkylation sites (tertiary alicyclic amines) is 1. The summed E-state index contributed by atoms with van der Waals surface area (Å²) in [4.78, 5) is 23.1. The number of fused-ring (bicyclic) bond motifs is 2. The van der Waals surface area contributed by atoms with Gasteiger partial charge in [0, 0.05) is 11.9 Å². The maximum atomic E-state index is 13.0. The van der Waals surface area contributed by atoms with E-state index in [-0.39, 0.29) is 30.5 Å². The van der Waals surface area contributed by atoms with Gasteiger partial charge in [0.15, 0.2) is 15.5 Å². The van der Waals surface area contributed by atoms with Crippen molar-refractivity contribution in [3.63, 3.8) is 0 Å². The molecule has 0 atom stereocenters. The molecule has 1 aliphatic rings. The first kappa shape index (κ1) is 28.9. The zero-order valence-corrected chi connectivity index (χ0v) is 22.5. The monoisotopic (exact) mass is 584 g/mol. The number of benzene rings is 2. The van der Waals surface area contributed by atoms with Crippen LogP contribution in [0.15, 0.2) is 53.3 Å². The predicted molar refractivity (Wildman–Crippen MR) is 145 cm³/mol. The zero-order chi connectivity index (χ0) is 26.9. The molecule has 3 heterocycles. The van der Waals surface area contributed by atoms with Crippen LogP contribution in [0.3, 0.4) is 0 Å². The first-order valence-corrected chi connectivity index (χ1v) is 14.0. The van der Waals surface area contributed by atoms with Gasteiger partial charge in [-0.1, -0.05) is 18.2 Å². The van der Waals surface area contributed by atoms with Crippen LogP contribution < -0.4 is 10.4 Å². The summed E-state index contributed by atoms with van der Waals surface area (Å²) in [5.74, 6) is 0.586. The minimum Gasteiger partial charge on any atom is -0.494 e. The maximum absolute atomic E-state index is 13.0. The van der Waals surface area contributed by atoms with E-state index in [1.807, 2.05) is 4.90 Å². The van der Waals surface area contributed by atoms with Crippen molar-refractivity contribution in [1.29, 1.82) is 0 Å². The van der Waals surface area contributed by atoms with E-state index in [0.717, 1.165) is 17.5 Å². The molecule has 13 heteroatoms. The van der Waals surface area contributed by atoms with E-state index in [1.165, 1.54) is 6.07 Å². The van der Waals surface area contributed by atoms with Crippen molar-refractivity contribution in [1.82, 2.24) is 19.9 Å². The minimum atomic E-state index is -4.39. The number of halogens is 4. The first-order chi connectivity index (χ1) is 18.1. The quantitative estimate of drug-likeness (QED) is 0.291. The fraction of sp³-hybridized carbons (Fsp3) is 0.385. The van der Waals surface area contributed by atoms with E-state index in [0.29, 0.717) is 66.9 Å². The van der Waals surface area contributed by atoms with Crippen LogP contribution in [-0.4, -0.2) is 59.0 Å². The van der Waals surface area contributed by atoms with Crippen molar-refractivity contribution in [3.05, 3.63) is 70.1 Å². The third-order valence-electron chi connectivity index (χ3n) is 6.81. The molecule has 1 aliphatic heterocycles. The normalized spacial score (nSPS) is 15.5. The van der Waals surface area contributed by atoms with E-state index >= 15 is 0 Å². The van der Waals surface area contributed by atoms with Crippen LogP contribution in [0, 0.1) is 0 Å². The molecule has 2 N–H and O–H groups in total. The standard InChI is InChI=1S/C26H27F3N4O4S.ClH/c27-26(28,29)19-4-1-3-17(13-19)16-33-9-7-21(8-10-33)38(35,36)12-2-11-37-20-5-6-22-18(14-20)15-23-24(30-22)32-25(34)31-23;/h1,3-6,13-15,21H,2,7-12,16H2,(H2,30,31,32,34);1H. The van der Waals surface area contributed by atoms with E-state index in [1.54, 1.807) is 30.3 Å². The molecular weight excluding hydrogens is 557 g/mol. The molecule has 0 saturated carbocycles. The average molecular weight is 585 g/mol. The molecule has 1 fully saturated rings. The highest BCUT2D eigenvalue weighted by Gasteiger charge is 2.32. The van der Waals surface area contributed by atoms with Gasteiger partial charge in [0.2, 0.25) is 0 Å². The molecule has 2 aromatic heterocycles. The Hall–Kier alpha value is -3.09. The van der Waals surface area contributed by atoms with Crippen LogP contribution in [0.25, 0.3) is 22.1 Å². The fourth-order valence-electron chi connectivity index (χ4n) is 4.84. The largest absolute Gasteiger partial charge is 0.494 e. The second-order valence-electron chi connectivity index (χ2n) is 9.56. The van der Waals surface area contributed by atoms with Crippen LogP contribution in [-0.2, 0) is 22.6 Å². The van der Waals surface area contributed by atoms with Gasteiger partial charge in [0.05, 0.1) is 34.2 Å². The van der Waals surface area contributed by atoms with Crippen molar-refractivity contribution >= 4 is 44.3 Å². The van der Waals surface area contributed by atoms with E-state index in [4.69, 9.17) is 4.74 Å². The summed E-state index contributed by atoms with van der Waals surface area (Å²) < 4.78 is 70.4. The van der Waals surface area contributed by atoms with Gasteiger partial charge in [-0.3, -0.25) is 9.88 Å². The highest BCUT2D eigenvalue weighted by molar-refractivity contribution is 7.92. The molecule has 210 valence electrons. The lowest BCUT2D eigenvalue weighted by Gasteiger charge is -2.31. The highest BCUT2D eigenvalue weighted by Crippen LogP contribution is 2.30. The Morgan fingerprint density at radius 2 is 1.82 bits per heavy atom. The van der Waals surface area contributed by atoms with Crippen molar-refractivity contribution < 1.29 is 26.3 Å². The lowest BCUT2D eigenvalue weighted by Crippen LogP contribution is -2.39. The van der Waals surface area contributed by atoms with Gasteiger partial charge in [-0.25, -0.2) is 18.2 Å². The summed E-state index contributed by atoms with van der Waals surface area (Å²) in [5.41, 5.74) is 1.32. The topological polar surface area (TPSA) is 108 Å². The van der Waals surface area contributed by atoms with Gasteiger partial charge >= 0.3 is 11.9 Å². The third kappa shape index (κ3) is 6.92.